The lowest BCUT2D eigenvalue weighted by Crippen LogP contribution is -2.49. The van der Waals surface area contributed by atoms with E-state index < -0.39 is 0 Å². The Hall–Kier alpha value is -2.69. The van der Waals surface area contributed by atoms with Crippen LogP contribution in [0.4, 0.5) is 5.69 Å². The van der Waals surface area contributed by atoms with Gasteiger partial charge in [0.1, 0.15) is 0 Å². The lowest BCUT2D eigenvalue weighted by atomic mass is 10.1. The molecule has 0 spiro atoms. The molecule has 0 radical (unpaired) electrons. The van der Waals surface area contributed by atoms with Gasteiger partial charge in [0.15, 0.2) is 11.5 Å². The summed E-state index contributed by atoms with van der Waals surface area (Å²) in [6, 6.07) is 13.8. The second kappa shape index (κ2) is 8.33. The average molecular weight is 368 g/mol. The van der Waals surface area contributed by atoms with Gasteiger partial charge in [-0.1, -0.05) is 18.2 Å². The van der Waals surface area contributed by atoms with E-state index in [-0.39, 0.29) is 12.0 Å². The van der Waals surface area contributed by atoms with Crippen LogP contribution in [0.2, 0.25) is 0 Å². The third-order valence-electron chi connectivity index (χ3n) is 4.80. The van der Waals surface area contributed by atoms with Crippen molar-refractivity contribution in [2.75, 3.05) is 38.2 Å². The molecule has 5 nitrogen and oxygen atoms in total. The van der Waals surface area contributed by atoms with Crippen LogP contribution in [-0.4, -0.2) is 50.2 Å². The minimum Gasteiger partial charge on any atom is -0.493 e. The van der Waals surface area contributed by atoms with Gasteiger partial charge in [-0.05, 0) is 50.6 Å². The van der Waals surface area contributed by atoms with Gasteiger partial charge in [0.25, 0.3) is 5.91 Å². The number of nitrogens with zero attached hydrogens (tertiary/aromatic N) is 2. The van der Waals surface area contributed by atoms with Crippen molar-refractivity contribution in [3.8, 4) is 11.5 Å². The molecule has 3 rings (SSSR count). The molecule has 1 heterocycles. The van der Waals surface area contributed by atoms with E-state index in [2.05, 4.69) is 36.1 Å². The number of carbonyl (C=O) groups is 1. The number of methoxy groups -OCH3 is 1. The SMILES string of the molecule is COc1cc(C(=O)N2CCN(c3ccccc3C)CC2)ccc1OC(C)C. The van der Waals surface area contributed by atoms with Crippen molar-refractivity contribution in [1.29, 1.82) is 0 Å². The summed E-state index contributed by atoms with van der Waals surface area (Å²) in [5.74, 6) is 1.29. The first-order valence-corrected chi connectivity index (χ1v) is 9.44. The van der Waals surface area contributed by atoms with Gasteiger partial charge < -0.3 is 19.3 Å². The highest BCUT2D eigenvalue weighted by molar-refractivity contribution is 5.95. The van der Waals surface area contributed by atoms with Crippen molar-refractivity contribution in [3.05, 3.63) is 53.6 Å². The summed E-state index contributed by atoms with van der Waals surface area (Å²) < 4.78 is 11.1. The van der Waals surface area contributed by atoms with Crippen LogP contribution in [0.5, 0.6) is 11.5 Å². The number of para-hydroxylation sites is 1. The first-order chi connectivity index (χ1) is 13.0. The quantitative estimate of drug-likeness (QED) is 0.806. The summed E-state index contributed by atoms with van der Waals surface area (Å²) in [6.07, 6.45) is 0.0509. The lowest BCUT2D eigenvalue weighted by Gasteiger charge is -2.37. The van der Waals surface area contributed by atoms with Crippen LogP contribution >= 0.6 is 0 Å². The molecular weight excluding hydrogens is 340 g/mol. The molecule has 1 aliphatic rings. The molecule has 1 amide bonds. The number of amides is 1. The molecule has 0 aromatic heterocycles. The molecule has 1 fully saturated rings. The highest BCUT2D eigenvalue weighted by Crippen LogP contribution is 2.30. The summed E-state index contributed by atoms with van der Waals surface area (Å²) in [6.45, 7) is 9.14. The van der Waals surface area contributed by atoms with Gasteiger partial charge in [-0.15, -0.1) is 0 Å². The second-order valence-corrected chi connectivity index (χ2v) is 7.10. The van der Waals surface area contributed by atoms with E-state index in [1.54, 1.807) is 13.2 Å². The maximum Gasteiger partial charge on any atom is 0.254 e. The number of anilines is 1. The molecule has 1 aliphatic heterocycles. The highest BCUT2D eigenvalue weighted by Gasteiger charge is 2.23. The fourth-order valence-electron chi connectivity index (χ4n) is 3.40. The fourth-order valence-corrected chi connectivity index (χ4v) is 3.40. The summed E-state index contributed by atoms with van der Waals surface area (Å²) in [7, 11) is 1.59. The monoisotopic (exact) mass is 368 g/mol. The normalized spacial score (nSPS) is 14.4. The van der Waals surface area contributed by atoms with Gasteiger partial charge in [-0.2, -0.15) is 0 Å². The van der Waals surface area contributed by atoms with Gasteiger partial charge in [0.05, 0.1) is 13.2 Å². The van der Waals surface area contributed by atoms with E-state index in [1.807, 2.05) is 30.9 Å². The predicted molar refractivity (Wildman–Crippen MR) is 108 cm³/mol. The average Bonchev–Trinajstić information content (AvgIpc) is 2.68. The Bertz CT molecular complexity index is 796. The standard InChI is InChI=1S/C22H28N2O3/c1-16(2)27-20-10-9-18(15-21(20)26-4)22(25)24-13-11-23(12-14-24)19-8-6-5-7-17(19)3/h5-10,15-16H,11-14H2,1-4H3. The number of rotatable bonds is 5. The molecule has 1 saturated heterocycles. The summed E-state index contributed by atoms with van der Waals surface area (Å²) in [5.41, 5.74) is 3.15. The van der Waals surface area contributed by atoms with Gasteiger partial charge in [0.2, 0.25) is 0 Å². The van der Waals surface area contributed by atoms with Crippen LogP contribution < -0.4 is 14.4 Å². The molecule has 2 aromatic carbocycles. The van der Waals surface area contributed by atoms with Crippen molar-refractivity contribution in [3.63, 3.8) is 0 Å². The van der Waals surface area contributed by atoms with Crippen LogP contribution in [0.3, 0.4) is 0 Å². The third kappa shape index (κ3) is 4.35. The Labute approximate surface area is 161 Å². The van der Waals surface area contributed by atoms with Gasteiger partial charge in [-0.3, -0.25) is 4.79 Å². The van der Waals surface area contributed by atoms with Crippen molar-refractivity contribution in [1.82, 2.24) is 4.90 Å². The molecule has 0 unspecified atom stereocenters. The topological polar surface area (TPSA) is 42.0 Å². The highest BCUT2D eigenvalue weighted by atomic mass is 16.5. The van der Waals surface area contributed by atoms with Gasteiger partial charge in [-0.25, -0.2) is 0 Å². The maximum absolute atomic E-state index is 12.9. The van der Waals surface area contributed by atoms with Crippen molar-refractivity contribution < 1.29 is 14.3 Å². The van der Waals surface area contributed by atoms with Crippen LogP contribution in [0.25, 0.3) is 0 Å². The van der Waals surface area contributed by atoms with Gasteiger partial charge in [0, 0.05) is 37.4 Å². The Morgan fingerprint density at radius 2 is 1.70 bits per heavy atom. The van der Waals surface area contributed by atoms with Crippen molar-refractivity contribution >= 4 is 11.6 Å². The number of carbonyl (C=O) groups excluding carboxylic acids is 1. The minimum atomic E-state index is 0.0360. The molecule has 0 aliphatic carbocycles. The summed E-state index contributed by atoms with van der Waals surface area (Å²) >= 11 is 0. The Balaban J connectivity index is 1.68. The van der Waals surface area contributed by atoms with Crippen molar-refractivity contribution in [2.24, 2.45) is 0 Å². The second-order valence-electron chi connectivity index (χ2n) is 7.10. The smallest absolute Gasteiger partial charge is 0.254 e. The van der Waals surface area contributed by atoms with E-state index in [4.69, 9.17) is 9.47 Å². The van der Waals surface area contributed by atoms with Crippen LogP contribution in [0.15, 0.2) is 42.5 Å². The molecule has 0 atom stereocenters. The molecule has 144 valence electrons. The number of benzene rings is 2. The molecular formula is C22H28N2O3. The Morgan fingerprint density at radius 1 is 1.00 bits per heavy atom. The molecule has 5 heteroatoms. The Kier molecular flexibility index (Phi) is 5.89. The largest absolute Gasteiger partial charge is 0.493 e. The van der Waals surface area contributed by atoms with Gasteiger partial charge >= 0.3 is 0 Å². The fraction of sp³-hybridized carbons (Fsp3) is 0.409. The summed E-state index contributed by atoms with van der Waals surface area (Å²) in [4.78, 5) is 17.2. The number of hydrogen-bond donors (Lipinski definition) is 0. The number of hydrogen-bond acceptors (Lipinski definition) is 4. The molecule has 0 bridgehead atoms. The van der Waals surface area contributed by atoms with Crippen LogP contribution in [0.1, 0.15) is 29.8 Å². The van der Waals surface area contributed by atoms with E-state index in [9.17, 15) is 4.79 Å². The van der Waals surface area contributed by atoms with Crippen LogP contribution in [-0.2, 0) is 0 Å². The number of ether oxygens (including phenoxy) is 2. The van der Waals surface area contributed by atoms with Crippen LogP contribution in [0, 0.1) is 6.92 Å². The third-order valence-corrected chi connectivity index (χ3v) is 4.80. The number of piperazine rings is 1. The van der Waals surface area contributed by atoms with E-state index in [1.165, 1.54) is 11.3 Å². The van der Waals surface area contributed by atoms with E-state index in [0.717, 1.165) is 13.1 Å². The first kappa shape index (κ1) is 19.1. The van der Waals surface area contributed by atoms with E-state index >= 15 is 0 Å². The van der Waals surface area contributed by atoms with Crippen molar-refractivity contribution in [2.45, 2.75) is 26.9 Å². The molecule has 0 N–H and O–H groups in total. The Morgan fingerprint density at radius 3 is 2.33 bits per heavy atom. The zero-order chi connectivity index (χ0) is 19.4. The zero-order valence-corrected chi connectivity index (χ0v) is 16.6. The summed E-state index contributed by atoms with van der Waals surface area (Å²) in [5, 5.41) is 0. The lowest BCUT2D eigenvalue weighted by molar-refractivity contribution is 0.0746. The number of aryl methyl sites for hydroxylation is 1. The first-order valence-electron chi connectivity index (χ1n) is 9.44. The van der Waals surface area contributed by atoms with E-state index in [0.29, 0.717) is 30.2 Å². The zero-order valence-electron chi connectivity index (χ0n) is 16.6. The molecule has 2 aromatic rings. The minimum absolute atomic E-state index is 0.0360. The molecule has 27 heavy (non-hydrogen) atoms. The molecule has 0 saturated carbocycles. The maximum atomic E-state index is 12.9. The predicted octanol–water partition coefficient (Wildman–Crippen LogP) is 3.75.